The first kappa shape index (κ1) is 15.4. The molecule has 0 bridgehead atoms. The first-order chi connectivity index (χ1) is 11.1. The number of methoxy groups -OCH3 is 1. The van der Waals surface area contributed by atoms with Gasteiger partial charge in [-0.15, -0.1) is 0 Å². The Bertz CT molecular complexity index is 730. The van der Waals surface area contributed by atoms with Crippen molar-refractivity contribution in [3.8, 4) is 5.75 Å². The van der Waals surface area contributed by atoms with E-state index in [4.69, 9.17) is 4.74 Å². The molecule has 23 heavy (non-hydrogen) atoms. The van der Waals surface area contributed by atoms with E-state index in [0.717, 1.165) is 22.4 Å². The number of carbonyl (C=O) groups is 1. The number of benzene rings is 2. The number of amides is 2. The van der Waals surface area contributed by atoms with Gasteiger partial charge >= 0.3 is 6.03 Å². The van der Waals surface area contributed by atoms with E-state index in [-0.39, 0.29) is 12.1 Å². The van der Waals surface area contributed by atoms with E-state index >= 15 is 0 Å². The molecule has 2 aromatic rings. The zero-order valence-electron chi connectivity index (χ0n) is 13.2. The van der Waals surface area contributed by atoms with Crippen LogP contribution in [-0.2, 0) is 6.42 Å². The smallest absolute Gasteiger partial charge is 0.319 e. The normalized spacial score (nSPS) is 19.1. The van der Waals surface area contributed by atoms with Crippen LogP contribution in [0.4, 0.5) is 10.5 Å². The number of hydrogen-bond acceptors (Lipinski definition) is 3. The largest absolute Gasteiger partial charge is 0.496 e. The highest BCUT2D eigenvalue weighted by Crippen LogP contribution is 2.31. The maximum absolute atomic E-state index is 12.2. The highest BCUT2D eigenvalue weighted by molar-refractivity contribution is 5.89. The Hall–Kier alpha value is -2.53. The summed E-state index contributed by atoms with van der Waals surface area (Å²) in [7, 11) is 1.61. The Kier molecular flexibility index (Phi) is 4.21. The first-order valence-electron chi connectivity index (χ1n) is 7.56. The Morgan fingerprint density at radius 3 is 2.78 bits per heavy atom. The summed E-state index contributed by atoms with van der Waals surface area (Å²) >= 11 is 0. The predicted molar refractivity (Wildman–Crippen MR) is 88.8 cm³/mol. The number of aliphatic hydroxyl groups excluding tert-OH is 1. The van der Waals surface area contributed by atoms with Crippen LogP contribution in [0.25, 0.3) is 0 Å². The lowest BCUT2D eigenvalue weighted by molar-refractivity contribution is 0.144. The molecule has 0 aromatic heterocycles. The SMILES string of the molecule is COc1ccc(NC(=O)N[C@@H]2c3ccccc3C[C@@H]2O)cc1C. The van der Waals surface area contributed by atoms with Crippen LogP contribution < -0.4 is 15.4 Å². The van der Waals surface area contributed by atoms with E-state index in [1.165, 1.54) is 0 Å². The second kappa shape index (κ2) is 6.30. The summed E-state index contributed by atoms with van der Waals surface area (Å²) in [5, 5.41) is 15.8. The fraction of sp³-hybridized carbons (Fsp3) is 0.278. The Labute approximate surface area is 135 Å². The summed E-state index contributed by atoms with van der Waals surface area (Å²) in [6, 6.07) is 12.5. The number of carbonyl (C=O) groups excluding carboxylic acids is 1. The van der Waals surface area contributed by atoms with Gasteiger partial charge in [-0.1, -0.05) is 24.3 Å². The van der Waals surface area contributed by atoms with Gasteiger partial charge in [-0.2, -0.15) is 0 Å². The third kappa shape index (κ3) is 3.14. The predicted octanol–water partition coefficient (Wildman–Crippen LogP) is 2.78. The molecular formula is C18H20N2O3. The standard InChI is InChI=1S/C18H20N2O3/c1-11-9-13(7-8-16(11)23-2)19-18(22)20-17-14-6-4-3-5-12(14)10-15(17)21/h3-9,15,17,21H,10H2,1-2H3,(H2,19,20,22)/t15-,17+/m0/s1. The molecule has 0 saturated heterocycles. The van der Waals surface area contributed by atoms with Crippen molar-refractivity contribution >= 4 is 11.7 Å². The van der Waals surface area contributed by atoms with Crippen LogP contribution >= 0.6 is 0 Å². The van der Waals surface area contributed by atoms with Gasteiger partial charge in [0, 0.05) is 12.1 Å². The lowest BCUT2D eigenvalue weighted by Crippen LogP contribution is -2.36. The zero-order chi connectivity index (χ0) is 16.4. The van der Waals surface area contributed by atoms with Gasteiger partial charge < -0.3 is 20.5 Å². The number of aryl methyl sites for hydroxylation is 1. The molecular weight excluding hydrogens is 292 g/mol. The van der Waals surface area contributed by atoms with Gasteiger partial charge in [-0.3, -0.25) is 0 Å². The molecule has 0 aliphatic heterocycles. The Morgan fingerprint density at radius 1 is 1.26 bits per heavy atom. The summed E-state index contributed by atoms with van der Waals surface area (Å²) in [5.41, 5.74) is 3.67. The van der Waals surface area contributed by atoms with Crippen LogP contribution in [0.15, 0.2) is 42.5 Å². The number of hydrogen-bond donors (Lipinski definition) is 3. The number of fused-ring (bicyclic) bond motifs is 1. The molecule has 120 valence electrons. The topological polar surface area (TPSA) is 70.6 Å². The van der Waals surface area contributed by atoms with E-state index in [2.05, 4.69) is 10.6 Å². The van der Waals surface area contributed by atoms with Gasteiger partial charge in [0.05, 0.1) is 19.3 Å². The molecule has 2 amide bonds. The summed E-state index contributed by atoms with van der Waals surface area (Å²) in [6.45, 7) is 1.92. The second-order valence-corrected chi connectivity index (χ2v) is 5.73. The minimum absolute atomic E-state index is 0.338. The Morgan fingerprint density at radius 2 is 2.04 bits per heavy atom. The number of nitrogens with one attached hydrogen (secondary N) is 2. The van der Waals surface area contributed by atoms with Gasteiger partial charge in [0.15, 0.2) is 0 Å². The highest BCUT2D eigenvalue weighted by Gasteiger charge is 2.31. The minimum Gasteiger partial charge on any atom is -0.496 e. The fourth-order valence-corrected chi connectivity index (χ4v) is 3.01. The van der Waals surface area contributed by atoms with E-state index in [1.54, 1.807) is 13.2 Å². The molecule has 0 unspecified atom stereocenters. The summed E-state index contributed by atoms with van der Waals surface area (Å²) in [4.78, 5) is 12.2. The molecule has 1 aliphatic rings. The summed E-state index contributed by atoms with van der Waals surface area (Å²) in [5.74, 6) is 0.774. The molecule has 3 N–H and O–H groups in total. The van der Waals surface area contributed by atoms with Gasteiger partial charge in [0.2, 0.25) is 0 Å². The number of urea groups is 1. The van der Waals surface area contributed by atoms with Crippen LogP contribution in [0.1, 0.15) is 22.7 Å². The molecule has 5 heteroatoms. The van der Waals surface area contributed by atoms with Crippen LogP contribution in [0.5, 0.6) is 5.75 Å². The molecule has 5 nitrogen and oxygen atoms in total. The lowest BCUT2D eigenvalue weighted by atomic mass is 10.1. The van der Waals surface area contributed by atoms with E-state index in [9.17, 15) is 9.90 Å². The molecule has 0 fully saturated rings. The van der Waals surface area contributed by atoms with Crippen molar-refractivity contribution in [3.63, 3.8) is 0 Å². The molecule has 2 aromatic carbocycles. The number of anilines is 1. The number of ether oxygens (including phenoxy) is 1. The molecule has 0 radical (unpaired) electrons. The van der Waals surface area contributed by atoms with E-state index in [1.807, 2.05) is 43.3 Å². The molecule has 0 saturated carbocycles. The minimum atomic E-state index is -0.601. The van der Waals surface area contributed by atoms with Gasteiger partial charge in [0.25, 0.3) is 0 Å². The van der Waals surface area contributed by atoms with Crippen molar-refractivity contribution in [2.45, 2.75) is 25.5 Å². The van der Waals surface area contributed by atoms with Crippen molar-refractivity contribution in [1.82, 2.24) is 5.32 Å². The van der Waals surface area contributed by atoms with Crippen LogP contribution in [-0.4, -0.2) is 24.4 Å². The maximum Gasteiger partial charge on any atom is 0.319 e. The summed E-state index contributed by atoms with van der Waals surface area (Å²) < 4.78 is 5.20. The zero-order valence-corrected chi connectivity index (χ0v) is 13.2. The fourth-order valence-electron chi connectivity index (χ4n) is 3.01. The number of rotatable bonds is 3. The number of aliphatic hydroxyl groups is 1. The van der Waals surface area contributed by atoms with Crippen molar-refractivity contribution < 1.29 is 14.6 Å². The monoisotopic (exact) mass is 312 g/mol. The molecule has 0 spiro atoms. The lowest BCUT2D eigenvalue weighted by Gasteiger charge is -2.18. The van der Waals surface area contributed by atoms with Crippen molar-refractivity contribution in [2.24, 2.45) is 0 Å². The van der Waals surface area contributed by atoms with E-state index in [0.29, 0.717) is 12.1 Å². The van der Waals surface area contributed by atoms with Crippen molar-refractivity contribution in [1.29, 1.82) is 0 Å². The van der Waals surface area contributed by atoms with Crippen molar-refractivity contribution in [3.05, 3.63) is 59.2 Å². The maximum atomic E-state index is 12.2. The second-order valence-electron chi connectivity index (χ2n) is 5.73. The van der Waals surface area contributed by atoms with Gasteiger partial charge in [0.1, 0.15) is 5.75 Å². The van der Waals surface area contributed by atoms with E-state index < -0.39 is 6.10 Å². The molecule has 1 aliphatic carbocycles. The molecule has 0 heterocycles. The van der Waals surface area contributed by atoms with Gasteiger partial charge in [-0.25, -0.2) is 4.79 Å². The van der Waals surface area contributed by atoms with Crippen LogP contribution in [0.3, 0.4) is 0 Å². The molecule has 2 atom stereocenters. The van der Waals surface area contributed by atoms with Gasteiger partial charge in [-0.05, 0) is 41.8 Å². The average molecular weight is 312 g/mol. The third-order valence-electron chi connectivity index (χ3n) is 4.14. The average Bonchev–Trinajstić information content (AvgIpc) is 2.83. The molecule has 3 rings (SSSR count). The Balaban J connectivity index is 1.69. The quantitative estimate of drug-likeness (QED) is 0.816. The first-order valence-corrected chi connectivity index (χ1v) is 7.56. The highest BCUT2D eigenvalue weighted by atomic mass is 16.5. The van der Waals surface area contributed by atoms with Crippen LogP contribution in [0, 0.1) is 6.92 Å². The summed E-state index contributed by atoms with van der Waals surface area (Å²) in [6.07, 6.45) is -0.0429. The third-order valence-corrected chi connectivity index (χ3v) is 4.14. The van der Waals surface area contributed by atoms with Crippen LogP contribution in [0.2, 0.25) is 0 Å². The van der Waals surface area contributed by atoms with Crippen molar-refractivity contribution in [2.75, 3.05) is 12.4 Å².